The van der Waals surface area contributed by atoms with E-state index in [4.69, 9.17) is 42.6 Å². The van der Waals surface area contributed by atoms with Gasteiger partial charge in [-0.15, -0.1) is 0 Å². The fourth-order valence-electron chi connectivity index (χ4n) is 13.0. The quantitative estimate of drug-likeness (QED) is 0.154. The highest BCUT2D eigenvalue weighted by molar-refractivity contribution is 5.30. The van der Waals surface area contributed by atoms with Crippen LogP contribution in [-0.2, 0) is 42.6 Å². The number of rotatable bonds is 10. The van der Waals surface area contributed by atoms with E-state index in [1.165, 1.54) is 14.0 Å². The van der Waals surface area contributed by atoms with Gasteiger partial charge in [-0.2, -0.15) is 0 Å². The van der Waals surface area contributed by atoms with Gasteiger partial charge in [0.05, 0.1) is 59.8 Å². The fraction of sp³-hybridized carbons (Fsp3) is 1.00. The van der Waals surface area contributed by atoms with Gasteiger partial charge in [-0.1, -0.05) is 13.8 Å². The SMILES string of the molecule is CO[C@@H]1[C@@H](O)[C@H](O[C@H]2[C@@H](OC)C[C@H](O[C@H]3[C@@H](OC)C[C@H](O[C@H]4CC[C@@]5(C)C(CC[C@]6(O)C5C[C@@H](O)[C@@]5(C)[C@]6(O)CC[C@@]5(O)[C@H](C)O)C4)O[C@@H]3C)O[C@@H]2C)O[C@H](C)[C@H]1O. The Morgan fingerprint density at radius 1 is 0.638 bits per heavy atom. The van der Waals surface area contributed by atoms with Crippen molar-refractivity contribution in [2.24, 2.45) is 22.7 Å². The second-order valence-corrected chi connectivity index (χ2v) is 19.3. The zero-order valence-electron chi connectivity index (χ0n) is 35.8. The molecule has 0 aromatic carbocycles. The van der Waals surface area contributed by atoms with Crippen LogP contribution in [0.25, 0.3) is 0 Å². The maximum absolute atomic E-state index is 12.6. The number of hydrogen-bond donors (Lipinski definition) is 7. The molecule has 3 heterocycles. The lowest BCUT2D eigenvalue weighted by molar-refractivity contribution is -0.353. The van der Waals surface area contributed by atoms with E-state index in [-0.39, 0.29) is 42.8 Å². The smallest absolute Gasteiger partial charge is 0.187 e. The highest BCUT2D eigenvalue weighted by atomic mass is 16.8. The molecule has 7 N–H and O–H groups in total. The molecular weight excluding hydrogens is 760 g/mol. The van der Waals surface area contributed by atoms with E-state index < -0.39 is 114 Å². The average molecular weight is 833 g/mol. The number of aliphatic hydroxyl groups excluding tert-OH is 4. The van der Waals surface area contributed by atoms with E-state index >= 15 is 0 Å². The predicted molar refractivity (Wildman–Crippen MR) is 204 cm³/mol. The van der Waals surface area contributed by atoms with E-state index in [2.05, 4.69) is 6.92 Å². The molecule has 7 fully saturated rings. The molecule has 3 aliphatic heterocycles. The zero-order valence-corrected chi connectivity index (χ0v) is 35.8. The highest BCUT2D eigenvalue weighted by Crippen LogP contribution is 2.71. The van der Waals surface area contributed by atoms with Crippen LogP contribution in [-0.4, -0.2) is 172 Å². The monoisotopic (exact) mass is 832 g/mol. The lowest BCUT2D eigenvalue weighted by Gasteiger charge is -2.69. The first-order valence-electron chi connectivity index (χ1n) is 21.6. The van der Waals surface area contributed by atoms with Crippen molar-refractivity contribution in [1.82, 2.24) is 0 Å². The summed E-state index contributed by atoms with van der Waals surface area (Å²) in [6.45, 7) is 10.8. The molecule has 336 valence electrons. The average Bonchev–Trinajstić information content (AvgIpc) is 3.41. The summed E-state index contributed by atoms with van der Waals surface area (Å²) < 4.78 is 55.2. The minimum absolute atomic E-state index is 0.0916. The number of methoxy groups -OCH3 is 3. The summed E-state index contributed by atoms with van der Waals surface area (Å²) in [6, 6.07) is 0. The molecule has 58 heavy (non-hydrogen) atoms. The van der Waals surface area contributed by atoms with E-state index in [0.717, 1.165) is 12.8 Å². The molecule has 7 aliphatic rings. The van der Waals surface area contributed by atoms with E-state index in [1.807, 2.05) is 13.8 Å². The summed E-state index contributed by atoms with van der Waals surface area (Å²) in [5, 5.41) is 80.3. The van der Waals surface area contributed by atoms with Crippen LogP contribution in [0.15, 0.2) is 0 Å². The summed E-state index contributed by atoms with van der Waals surface area (Å²) in [6.07, 6.45) is -6.94. The van der Waals surface area contributed by atoms with Gasteiger partial charge in [-0.25, -0.2) is 0 Å². The molecule has 16 nitrogen and oxygen atoms in total. The van der Waals surface area contributed by atoms with Crippen LogP contribution in [0.2, 0.25) is 0 Å². The molecule has 4 saturated carbocycles. The summed E-state index contributed by atoms with van der Waals surface area (Å²) in [4.78, 5) is 0. The summed E-state index contributed by atoms with van der Waals surface area (Å²) in [5.41, 5.74) is -6.89. The molecule has 16 heteroatoms. The van der Waals surface area contributed by atoms with E-state index in [9.17, 15) is 35.7 Å². The van der Waals surface area contributed by atoms with Gasteiger partial charge in [0.25, 0.3) is 0 Å². The fourth-order valence-corrected chi connectivity index (χ4v) is 13.0. The second kappa shape index (κ2) is 16.5. The van der Waals surface area contributed by atoms with Crippen molar-refractivity contribution in [3.05, 3.63) is 0 Å². The van der Waals surface area contributed by atoms with Crippen LogP contribution in [0, 0.1) is 22.7 Å². The number of fused-ring (bicyclic) bond motifs is 5. The van der Waals surface area contributed by atoms with Gasteiger partial charge in [0.2, 0.25) is 0 Å². The summed E-state index contributed by atoms with van der Waals surface area (Å²) >= 11 is 0. The Labute approximate surface area is 342 Å². The normalized spacial score (nSPS) is 56.6. The van der Waals surface area contributed by atoms with Crippen molar-refractivity contribution < 1.29 is 78.4 Å². The van der Waals surface area contributed by atoms with Crippen molar-refractivity contribution >= 4 is 0 Å². The molecule has 0 radical (unpaired) electrons. The van der Waals surface area contributed by atoms with Crippen molar-refractivity contribution in [1.29, 1.82) is 0 Å². The second-order valence-electron chi connectivity index (χ2n) is 19.3. The van der Waals surface area contributed by atoms with Gasteiger partial charge in [-0.05, 0) is 96.3 Å². The van der Waals surface area contributed by atoms with Crippen LogP contribution >= 0.6 is 0 Å². The molecule has 0 amide bonds. The van der Waals surface area contributed by atoms with Gasteiger partial charge in [0.15, 0.2) is 18.9 Å². The summed E-state index contributed by atoms with van der Waals surface area (Å²) in [7, 11) is 4.64. The Hall–Kier alpha value is -0.640. The van der Waals surface area contributed by atoms with Crippen molar-refractivity contribution in [3.8, 4) is 0 Å². The third-order valence-corrected chi connectivity index (χ3v) is 16.7. The van der Waals surface area contributed by atoms with Crippen LogP contribution in [0.3, 0.4) is 0 Å². The lowest BCUT2D eigenvalue weighted by Crippen LogP contribution is -2.79. The van der Waals surface area contributed by atoms with E-state index in [0.29, 0.717) is 32.1 Å². The predicted octanol–water partition coefficient (Wildman–Crippen LogP) is 1.28. The van der Waals surface area contributed by atoms with Gasteiger partial charge >= 0.3 is 0 Å². The third-order valence-electron chi connectivity index (χ3n) is 16.7. The first-order chi connectivity index (χ1) is 27.2. The van der Waals surface area contributed by atoms with Crippen LogP contribution in [0.1, 0.15) is 106 Å². The van der Waals surface area contributed by atoms with Crippen LogP contribution in [0.5, 0.6) is 0 Å². The molecule has 7 rings (SSSR count). The Bertz CT molecular complexity index is 1420. The third kappa shape index (κ3) is 6.96. The zero-order chi connectivity index (χ0) is 42.3. The molecule has 0 aromatic rings. The van der Waals surface area contributed by atoms with Gasteiger partial charge in [0, 0.05) is 34.2 Å². The van der Waals surface area contributed by atoms with Gasteiger partial charge < -0.3 is 78.4 Å². The number of aliphatic hydroxyl groups is 7. The molecule has 0 spiro atoms. The molecule has 4 aliphatic carbocycles. The number of ether oxygens (including phenoxy) is 9. The first kappa shape index (κ1) is 45.4. The van der Waals surface area contributed by atoms with Crippen LogP contribution in [0.4, 0.5) is 0 Å². The maximum Gasteiger partial charge on any atom is 0.187 e. The molecule has 0 bridgehead atoms. The standard InChI is InChI=1S/C42H72O16/c1-20-32(45)36(52-9)33(46)37(55-20)58-35-22(3)54-31(18-27(35)51-8)57-34-21(2)53-30(17-26(34)50-7)56-25-11-12-38(5)24(16-25)10-13-41(48)28(38)19-29(44)39(6)40(47,23(4)43)14-15-42(39,41)49/h20-37,43-49H,10-19H2,1-9H3/t20-,21-,22-,23+,24?,25+,26+,27+,28?,29-,30+,31+,32-,33-,34-,35-,36+,37+,38+,39-,40-,41+,42-/m1/s1. The molecule has 23 atom stereocenters. The minimum Gasteiger partial charge on any atom is -0.392 e. The maximum atomic E-state index is 12.6. The topological polar surface area (TPSA) is 225 Å². The Kier molecular flexibility index (Phi) is 12.9. The molecule has 0 aromatic heterocycles. The van der Waals surface area contributed by atoms with Gasteiger partial charge in [0.1, 0.15) is 41.7 Å². The van der Waals surface area contributed by atoms with Crippen LogP contribution < -0.4 is 0 Å². The minimum atomic E-state index is -1.76. The van der Waals surface area contributed by atoms with E-state index in [1.54, 1.807) is 28.1 Å². The van der Waals surface area contributed by atoms with Gasteiger partial charge in [-0.3, -0.25) is 0 Å². The largest absolute Gasteiger partial charge is 0.392 e. The summed E-state index contributed by atoms with van der Waals surface area (Å²) in [5.74, 6) is -0.233. The first-order valence-corrected chi connectivity index (χ1v) is 21.6. The Morgan fingerprint density at radius 2 is 1.24 bits per heavy atom. The molecular formula is C42H72O16. The number of hydrogen-bond acceptors (Lipinski definition) is 16. The van der Waals surface area contributed by atoms with Crippen molar-refractivity contribution in [3.63, 3.8) is 0 Å². The molecule has 2 unspecified atom stereocenters. The lowest BCUT2D eigenvalue weighted by atomic mass is 9.40. The Morgan fingerprint density at radius 3 is 1.83 bits per heavy atom. The Balaban J connectivity index is 0.952. The van der Waals surface area contributed by atoms with Crippen molar-refractivity contribution in [2.45, 2.75) is 221 Å². The molecule has 3 saturated heterocycles. The van der Waals surface area contributed by atoms with Crippen molar-refractivity contribution in [2.75, 3.05) is 21.3 Å². The highest BCUT2D eigenvalue weighted by Gasteiger charge is 2.80.